The Kier molecular flexibility index (Phi) is 4.07. The van der Waals surface area contributed by atoms with Gasteiger partial charge in [0.1, 0.15) is 5.54 Å². The zero-order chi connectivity index (χ0) is 14.8. The molecule has 2 atom stereocenters. The van der Waals surface area contributed by atoms with E-state index in [9.17, 15) is 4.79 Å². The molecule has 0 saturated heterocycles. The van der Waals surface area contributed by atoms with Crippen molar-refractivity contribution in [2.24, 2.45) is 17.1 Å². The Hall–Kier alpha value is -1.51. The van der Waals surface area contributed by atoms with E-state index in [0.29, 0.717) is 0 Å². The van der Waals surface area contributed by atoms with Gasteiger partial charge >= 0.3 is 0 Å². The molecule has 1 aromatic carbocycles. The third-order valence-corrected chi connectivity index (χ3v) is 4.54. The van der Waals surface area contributed by atoms with Crippen LogP contribution < -0.4 is 11.1 Å². The van der Waals surface area contributed by atoms with Gasteiger partial charge in [-0.3, -0.25) is 4.79 Å². The average molecular weight is 274 g/mol. The molecule has 1 aliphatic carbocycles. The first-order chi connectivity index (χ1) is 9.36. The molecule has 1 fully saturated rings. The van der Waals surface area contributed by atoms with E-state index in [4.69, 9.17) is 5.73 Å². The molecular weight excluding hydrogens is 248 g/mol. The summed E-state index contributed by atoms with van der Waals surface area (Å²) < 4.78 is 0. The lowest BCUT2D eigenvalue weighted by Gasteiger charge is -2.49. The monoisotopic (exact) mass is 274 g/mol. The lowest BCUT2D eigenvalue weighted by atomic mass is 9.61. The van der Waals surface area contributed by atoms with Crippen molar-refractivity contribution in [3.8, 4) is 0 Å². The van der Waals surface area contributed by atoms with Crippen LogP contribution in [0.25, 0.3) is 0 Å². The smallest absolute Gasteiger partial charge is 0.243 e. The highest BCUT2D eigenvalue weighted by Gasteiger charge is 2.50. The van der Waals surface area contributed by atoms with Gasteiger partial charge < -0.3 is 11.1 Å². The normalized spacial score (nSPS) is 27.1. The van der Waals surface area contributed by atoms with Crippen LogP contribution in [-0.4, -0.2) is 11.4 Å². The van der Waals surface area contributed by atoms with E-state index in [1.807, 2.05) is 30.3 Å². The Labute approximate surface area is 121 Å². The number of nitrogens with two attached hydrogens (primary N) is 1. The maximum Gasteiger partial charge on any atom is 0.243 e. The van der Waals surface area contributed by atoms with Gasteiger partial charge in [0.25, 0.3) is 0 Å². The number of benzene rings is 1. The van der Waals surface area contributed by atoms with E-state index in [1.54, 1.807) is 0 Å². The molecule has 3 nitrogen and oxygen atoms in total. The summed E-state index contributed by atoms with van der Waals surface area (Å²) in [4.78, 5) is 12.3. The van der Waals surface area contributed by atoms with Gasteiger partial charge in [-0.1, -0.05) is 51.8 Å². The summed E-state index contributed by atoms with van der Waals surface area (Å²) in [6.07, 6.45) is 4.09. The maximum atomic E-state index is 12.3. The second-order valence-electron chi connectivity index (χ2n) is 6.99. The molecule has 1 aromatic rings. The molecule has 0 spiro atoms. The number of hydrogen-bond acceptors (Lipinski definition) is 2. The molecule has 110 valence electrons. The summed E-state index contributed by atoms with van der Waals surface area (Å²) in [5.74, 6) is 0.0300. The van der Waals surface area contributed by atoms with Crippen molar-refractivity contribution in [3.05, 3.63) is 30.3 Å². The van der Waals surface area contributed by atoms with Crippen molar-refractivity contribution < 1.29 is 4.79 Å². The quantitative estimate of drug-likeness (QED) is 0.885. The molecule has 0 heterocycles. The largest absolute Gasteiger partial charge is 0.371 e. The lowest BCUT2D eigenvalue weighted by Crippen LogP contribution is -2.60. The molecule has 2 unspecified atom stereocenters. The standard InChI is InChI=1S/C17H26N2O/c1-16(2,3)14-11-7-8-12-17(14,15(18)20)19-13-9-5-4-6-10-13/h4-6,9-10,14,19H,7-8,11-12H2,1-3H3,(H2,18,20). The first kappa shape index (κ1) is 14.9. The van der Waals surface area contributed by atoms with Crippen LogP contribution in [0.15, 0.2) is 30.3 Å². The summed E-state index contributed by atoms with van der Waals surface area (Å²) >= 11 is 0. The molecule has 0 radical (unpaired) electrons. The molecule has 0 aliphatic heterocycles. The minimum atomic E-state index is -0.627. The number of carbonyl (C=O) groups is 1. The minimum absolute atomic E-state index is 0.0528. The summed E-state index contributed by atoms with van der Waals surface area (Å²) in [5.41, 5.74) is 6.24. The van der Waals surface area contributed by atoms with Gasteiger partial charge in [0.15, 0.2) is 0 Å². The summed E-state index contributed by atoms with van der Waals surface area (Å²) in [7, 11) is 0. The molecule has 0 bridgehead atoms. The fraction of sp³-hybridized carbons (Fsp3) is 0.588. The number of para-hydroxylation sites is 1. The van der Waals surface area contributed by atoms with Crippen molar-refractivity contribution in [1.29, 1.82) is 0 Å². The number of primary amides is 1. The number of rotatable bonds is 3. The van der Waals surface area contributed by atoms with Crippen molar-refractivity contribution >= 4 is 11.6 Å². The zero-order valence-corrected chi connectivity index (χ0v) is 12.8. The van der Waals surface area contributed by atoms with Crippen molar-refractivity contribution in [1.82, 2.24) is 0 Å². The Morgan fingerprint density at radius 1 is 1.25 bits per heavy atom. The third kappa shape index (κ3) is 2.82. The van der Waals surface area contributed by atoms with Crippen molar-refractivity contribution in [3.63, 3.8) is 0 Å². The summed E-state index contributed by atoms with van der Waals surface area (Å²) in [6, 6.07) is 9.93. The Morgan fingerprint density at radius 3 is 2.45 bits per heavy atom. The molecule has 1 saturated carbocycles. The number of anilines is 1. The number of amides is 1. The first-order valence-electron chi connectivity index (χ1n) is 7.49. The molecule has 3 heteroatoms. The van der Waals surface area contributed by atoms with E-state index in [1.165, 1.54) is 6.42 Å². The molecular formula is C17H26N2O. The van der Waals surface area contributed by atoms with Crippen LogP contribution in [0.4, 0.5) is 5.69 Å². The highest BCUT2D eigenvalue weighted by molar-refractivity contribution is 5.88. The van der Waals surface area contributed by atoms with Crippen LogP contribution in [0.2, 0.25) is 0 Å². The van der Waals surface area contributed by atoms with Gasteiger partial charge in [-0.2, -0.15) is 0 Å². The first-order valence-corrected chi connectivity index (χ1v) is 7.49. The Balaban J connectivity index is 2.38. The van der Waals surface area contributed by atoms with Crippen LogP contribution in [0.1, 0.15) is 46.5 Å². The SMILES string of the molecule is CC(C)(C)C1CCCCC1(Nc1ccccc1)C(N)=O. The van der Waals surface area contributed by atoms with Gasteiger partial charge in [-0.25, -0.2) is 0 Å². The van der Waals surface area contributed by atoms with E-state index >= 15 is 0 Å². The molecule has 1 amide bonds. The van der Waals surface area contributed by atoms with E-state index in [0.717, 1.165) is 24.9 Å². The van der Waals surface area contributed by atoms with Crippen LogP contribution in [-0.2, 0) is 4.79 Å². The molecule has 20 heavy (non-hydrogen) atoms. The Morgan fingerprint density at radius 2 is 1.90 bits per heavy atom. The fourth-order valence-corrected chi connectivity index (χ4v) is 3.63. The van der Waals surface area contributed by atoms with Crippen molar-refractivity contribution in [2.45, 2.75) is 52.0 Å². The molecule has 0 aromatic heterocycles. The zero-order valence-electron chi connectivity index (χ0n) is 12.8. The predicted molar refractivity (Wildman–Crippen MR) is 83.4 cm³/mol. The fourth-order valence-electron chi connectivity index (χ4n) is 3.63. The topological polar surface area (TPSA) is 55.1 Å². The molecule has 1 aliphatic rings. The highest BCUT2D eigenvalue weighted by Crippen LogP contribution is 2.45. The van der Waals surface area contributed by atoms with Gasteiger partial charge in [0.2, 0.25) is 5.91 Å². The van der Waals surface area contributed by atoms with Gasteiger partial charge in [0, 0.05) is 5.69 Å². The van der Waals surface area contributed by atoms with Gasteiger partial charge in [0.05, 0.1) is 0 Å². The number of nitrogens with one attached hydrogen (secondary N) is 1. The average Bonchev–Trinajstić information content (AvgIpc) is 2.39. The number of carbonyl (C=O) groups excluding carboxylic acids is 1. The maximum absolute atomic E-state index is 12.3. The van der Waals surface area contributed by atoms with Crippen LogP contribution in [0, 0.1) is 11.3 Å². The third-order valence-electron chi connectivity index (χ3n) is 4.54. The second kappa shape index (κ2) is 5.47. The van der Waals surface area contributed by atoms with E-state index < -0.39 is 5.54 Å². The molecule has 3 N–H and O–H groups in total. The van der Waals surface area contributed by atoms with Crippen molar-refractivity contribution in [2.75, 3.05) is 5.32 Å². The summed E-state index contributed by atoms with van der Waals surface area (Å²) in [6.45, 7) is 6.61. The Bertz CT molecular complexity index is 464. The van der Waals surface area contributed by atoms with Gasteiger partial charge in [-0.15, -0.1) is 0 Å². The van der Waals surface area contributed by atoms with E-state index in [-0.39, 0.29) is 17.2 Å². The molecule has 2 rings (SSSR count). The number of hydrogen-bond donors (Lipinski definition) is 2. The van der Waals surface area contributed by atoms with Crippen LogP contribution in [0.3, 0.4) is 0 Å². The summed E-state index contributed by atoms with van der Waals surface area (Å²) in [5, 5.41) is 3.48. The second-order valence-corrected chi connectivity index (χ2v) is 6.99. The van der Waals surface area contributed by atoms with E-state index in [2.05, 4.69) is 26.1 Å². The van der Waals surface area contributed by atoms with Crippen LogP contribution in [0.5, 0.6) is 0 Å². The van der Waals surface area contributed by atoms with Gasteiger partial charge in [-0.05, 0) is 36.3 Å². The lowest BCUT2D eigenvalue weighted by molar-refractivity contribution is -0.127. The predicted octanol–water partition coefficient (Wildman–Crippen LogP) is 3.56. The highest BCUT2D eigenvalue weighted by atomic mass is 16.1. The minimum Gasteiger partial charge on any atom is -0.371 e. The van der Waals surface area contributed by atoms with Crippen LogP contribution >= 0.6 is 0 Å².